The summed E-state index contributed by atoms with van der Waals surface area (Å²) in [4.78, 5) is 9.56. The number of nitrogens with zero attached hydrogens (tertiary/aromatic N) is 4. The van der Waals surface area contributed by atoms with Gasteiger partial charge in [-0.1, -0.05) is 68.5 Å². The fourth-order valence-electron chi connectivity index (χ4n) is 3.75. The monoisotopic (exact) mass is 422 g/mol. The van der Waals surface area contributed by atoms with Crippen molar-refractivity contribution < 1.29 is 4.74 Å². The van der Waals surface area contributed by atoms with E-state index in [1.54, 1.807) is 6.08 Å². The highest BCUT2D eigenvalue weighted by Crippen LogP contribution is 2.25. The molecular formula is C27H26N4O. The lowest BCUT2D eigenvalue weighted by Crippen LogP contribution is -2.07. The number of imidazole rings is 1. The van der Waals surface area contributed by atoms with Crippen molar-refractivity contribution in [2.45, 2.75) is 32.7 Å². The number of aromatic nitrogens is 3. The second kappa shape index (κ2) is 9.93. The van der Waals surface area contributed by atoms with Gasteiger partial charge in [-0.15, -0.1) is 0 Å². The van der Waals surface area contributed by atoms with Gasteiger partial charge in [0.25, 0.3) is 0 Å². The Hall–Kier alpha value is -3.91. The molecule has 0 aliphatic carbocycles. The number of hydrogen-bond acceptors (Lipinski definition) is 4. The van der Waals surface area contributed by atoms with Crippen LogP contribution in [0.15, 0.2) is 73.3 Å². The number of benzene rings is 2. The Morgan fingerprint density at radius 1 is 1.06 bits per heavy atom. The molecule has 0 spiro atoms. The van der Waals surface area contributed by atoms with Crippen molar-refractivity contribution in [3.63, 3.8) is 0 Å². The molecule has 32 heavy (non-hydrogen) atoms. The van der Waals surface area contributed by atoms with Crippen molar-refractivity contribution in [3.8, 4) is 23.1 Å². The van der Waals surface area contributed by atoms with Crippen molar-refractivity contribution >= 4 is 11.2 Å². The first-order valence-corrected chi connectivity index (χ1v) is 10.9. The van der Waals surface area contributed by atoms with Crippen LogP contribution in [0, 0.1) is 11.3 Å². The summed E-state index contributed by atoms with van der Waals surface area (Å²) in [5.41, 5.74) is 5.52. The number of ether oxygens (including phenoxy) is 1. The van der Waals surface area contributed by atoms with Crippen LogP contribution in [0.5, 0.6) is 5.88 Å². The number of rotatable bonds is 9. The number of unbranched alkanes of at least 4 members (excludes halogenated alkanes) is 1. The van der Waals surface area contributed by atoms with Gasteiger partial charge in [-0.3, -0.25) is 0 Å². The Morgan fingerprint density at radius 2 is 1.88 bits per heavy atom. The van der Waals surface area contributed by atoms with Crippen LogP contribution in [0.1, 0.15) is 36.7 Å². The van der Waals surface area contributed by atoms with Crippen LogP contribution in [0.2, 0.25) is 0 Å². The van der Waals surface area contributed by atoms with Crippen LogP contribution in [0.25, 0.3) is 22.3 Å². The molecule has 0 unspecified atom stereocenters. The number of pyridine rings is 1. The van der Waals surface area contributed by atoms with E-state index in [0.29, 0.717) is 24.6 Å². The highest BCUT2D eigenvalue weighted by molar-refractivity contribution is 5.73. The second-order valence-corrected chi connectivity index (χ2v) is 7.66. The van der Waals surface area contributed by atoms with E-state index in [-0.39, 0.29) is 0 Å². The normalized spacial score (nSPS) is 10.8. The average Bonchev–Trinajstić information content (AvgIpc) is 3.18. The minimum Gasteiger partial charge on any atom is -0.473 e. The van der Waals surface area contributed by atoms with E-state index in [0.717, 1.165) is 52.9 Å². The Balaban J connectivity index is 1.67. The van der Waals surface area contributed by atoms with E-state index in [4.69, 9.17) is 14.7 Å². The largest absolute Gasteiger partial charge is 0.473 e. The first-order valence-electron chi connectivity index (χ1n) is 10.9. The summed E-state index contributed by atoms with van der Waals surface area (Å²) < 4.78 is 7.83. The Labute approximate surface area is 188 Å². The van der Waals surface area contributed by atoms with Gasteiger partial charge >= 0.3 is 0 Å². The van der Waals surface area contributed by atoms with Gasteiger partial charge in [0.1, 0.15) is 17.9 Å². The van der Waals surface area contributed by atoms with Crippen molar-refractivity contribution in [3.05, 3.63) is 90.3 Å². The minimum absolute atomic E-state index is 0.418. The van der Waals surface area contributed by atoms with E-state index in [2.05, 4.69) is 48.4 Å². The molecule has 0 amide bonds. The molecule has 0 radical (unpaired) electrons. The molecule has 0 saturated carbocycles. The predicted octanol–water partition coefficient (Wildman–Crippen LogP) is 5.93. The van der Waals surface area contributed by atoms with Crippen molar-refractivity contribution in [1.82, 2.24) is 14.5 Å². The molecule has 0 saturated heterocycles. The molecule has 4 aromatic rings. The third kappa shape index (κ3) is 4.55. The van der Waals surface area contributed by atoms with Gasteiger partial charge in [-0.25, -0.2) is 4.98 Å². The lowest BCUT2D eigenvalue weighted by molar-refractivity contribution is 0.349. The summed E-state index contributed by atoms with van der Waals surface area (Å²) in [6.45, 7) is 6.98. The van der Waals surface area contributed by atoms with E-state index in [1.807, 2.05) is 36.4 Å². The molecule has 0 atom stereocenters. The number of fused-ring (bicyclic) bond motifs is 1. The van der Waals surface area contributed by atoms with Gasteiger partial charge in [0.05, 0.1) is 18.2 Å². The molecule has 0 fully saturated rings. The fraction of sp³-hybridized carbons (Fsp3) is 0.222. The van der Waals surface area contributed by atoms with Crippen molar-refractivity contribution in [1.29, 1.82) is 5.26 Å². The van der Waals surface area contributed by atoms with Gasteiger partial charge in [0, 0.05) is 12.5 Å². The molecule has 2 aromatic carbocycles. The van der Waals surface area contributed by atoms with Gasteiger partial charge in [-0.2, -0.15) is 10.2 Å². The lowest BCUT2D eigenvalue weighted by atomic mass is 9.99. The van der Waals surface area contributed by atoms with Gasteiger partial charge in [0.2, 0.25) is 5.88 Å². The van der Waals surface area contributed by atoms with Gasteiger partial charge in [-0.05, 0) is 35.2 Å². The molecule has 160 valence electrons. The first kappa shape index (κ1) is 21.3. The Bertz CT molecular complexity index is 1270. The minimum atomic E-state index is 0.418. The van der Waals surface area contributed by atoms with Crippen LogP contribution < -0.4 is 4.74 Å². The number of aryl methyl sites for hydroxylation is 1. The van der Waals surface area contributed by atoms with Crippen LogP contribution in [0.4, 0.5) is 0 Å². The highest BCUT2D eigenvalue weighted by Gasteiger charge is 2.14. The fourth-order valence-corrected chi connectivity index (χ4v) is 3.75. The van der Waals surface area contributed by atoms with E-state index in [9.17, 15) is 5.26 Å². The lowest BCUT2D eigenvalue weighted by Gasteiger charge is -2.11. The molecule has 0 N–H and O–H groups in total. The molecule has 0 bridgehead atoms. The molecule has 0 aliphatic rings. The van der Waals surface area contributed by atoms with Gasteiger partial charge < -0.3 is 9.30 Å². The zero-order chi connectivity index (χ0) is 22.3. The molecule has 0 aliphatic heterocycles. The maximum absolute atomic E-state index is 9.40. The number of hydrogen-bond donors (Lipinski definition) is 0. The predicted molar refractivity (Wildman–Crippen MR) is 128 cm³/mol. The summed E-state index contributed by atoms with van der Waals surface area (Å²) in [7, 11) is 0. The van der Waals surface area contributed by atoms with Crippen LogP contribution in [0.3, 0.4) is 0 Å². The molecular weight excluding hydrogens is 396 g/mol. The summed E-state index contributed by atoms with van der Waals surface area (Å²) in [6, 6.07) is 22.1. The number of nitriles is 1. The van der Waals surface area contributed by atoms with Crippen molar-refractivity contribution in [2.24, 2.45) is 0 Å². The molecule has 2 aromatic heterocycles. The zero-order valence-corrected chi connectivity index (χ0v) is 18.3. The van der Waals surface area contributed by atoms with Crippen LogP contribution in [-0.4, -0.2) is 21.1 Å². The van der Waals surface area contributed by atoms with E-state index < -0.39 is 0 Å². The first-order chi connectivity index (χ1) is 15.7. The summed E-state index contributed by atoms with van der Waals surface area (Å²) in [6.07, 6.45) is 4.80. The van der Waals surface area contributed by atoms with Crippen LogP contribution in [-0.2, 0) is 13.0 Å². The quantitative estimate of drug-likeness (QED) is 0.314. The molecule has 4 rings (SSSR count). The second-order valence-electron chi connectivity index (χ2n) is 7.66. The Kier molecular flexibility index (Phi) is 6.62. The van der Waals surface area contributed by atoms with Crippen molar-refractivity contribution in [2.75, 3.05) is 6.61 Å². The molecule has 5 nitrogen and oxygen atoms in total. The summed E-state index contributed by atoms with van der Waals surface area (Å²) >= 11 is 0. The standard InChI is InChI=1S/C27H26N4O/c1-3-5-10-25-29-24-15-16-26(32-17-4-2)30-27(24)31(25)19-20-11-13-21(14-12-20)23-9-7-6-8-22(23)18-28/h4,6-9,11-16H,2-3,5,10,17,19H2,1H3. The topological polar surface area (TPSA) is 63.7 Å². The smallest absolute Gasteiger partial charge is 0.215 e. The zero-order valence-electron chi connectivity index (χ0n) is 18.3. The Morgan fingerprint density at radius 3 is 2.62 bits per heavy atom. The third-order valence-corrected chi connectivity index (χ3v) is 5.40. The SMILES string of the molecule is C=CCOc1ccc2nc(CCCC)n(Cc3ccc(-c4ccccc4C#N)cc3)c2n1. The van der Waals surface area contributed by atoms with E-state index >= 15 is 0 Å². The maximum Gasteiger partial charge on any atom is 0.215 e. The third-order valence-electron chi connectivity index (χ3n) is 5.40. The summed E-state index contributed by atoms with van der Waals surface area (Å²) in [5.74, 6) is 1.61. The van der Waals surface area contributed by atoms with Crippen LogP contribution >= 0.6 is 0 Å². The molecule has 2 heterocycles. The van der Waals surface area contributed by atoms with Gasteiger partial charge in [0.15, 0.2) is 5.65 Å². The average molecular weight is 423 g/mol. The summed E-state index contributed by atoms with van der Waals surface area (Å²) in [5, 5.41) is 9.40. The van der Waals surface area contributed by atoms with E-state index in [1.165, 1.54) is 0 Å². The molecule has 5 heteroatoms. The maximum atomic E-state index is 9.40. The highest BCUT2D eigenvalue weighted by atomic mass is 16.5.